The topological polar surface area (TPSA) is 80.4 Å². The zero-order chi connectivity index (χ0) is 17.1. The number of carbonyl (C=O) groups excluding carboxylic acids is 2. The Morgan fingerprint density at radius 2 is 2.00 bits per heavy atom. The van der Waals surface area contributed by atoms with Crippen LogP contribution in [0.4, 0.5) is 5.69 Å². The quantitative estimate of drug-likeness (QED) is 0.822. The number of amides is 2. The molecule has 2 N–H and O–H groups in total. The first kappa shape index (κ1) is 15.7. The molecule has 1 aromatic heterocycles. The second kappa shape index (κ2) is 6.54. The van der Waals surface area contributed by atoms with Gasteiger partial charge in [-0.3, -0.25) is 14.3 Å². The van der Waals surface area contributed by atoms with Crippen LogP contribution >= 0.6 is 0 Å². The summed E-state index contributed by atoms with van der Waals surface area (Å²) in [4.78, 5) is 27.6. The second-order valence-electron chi connectivity index (χ2n) is 5.68. The van der Waals surface area contributed by atoms with E-state index in [1.807, 2.05) is 12.1 Å². The zero-order valence-corrected chi connectivity index (χ0v) is 13.2. The van der Waals surface area contributed by atoms with Gasteiger partial charge in [-0.1, -0.05) is 24.3 Å². The van der Waals surface area contributed by atoms with E-state index in [2.05, 4.69) is 20.6 Å². The van der Waals surface area contributed by atoms with Gasteiger partial charge in [0.15, 0.2) is 11.4 Å². The molecule has 0 bridgehead atoms. The Kier molecular flexibility index (Phi) is 4.29. The molecule has 7 heteroatoms. The van der Waals surface area contributed by atoms with E-state index in [0.717, 1.165) is 18.4 Å². The number of aromatic nitrogens is 2. The molecule has 1 aliphatic rings. The maximum atomic E-state index is 12.2. The predicted octanol–water partition coefficient (Wildman–Crippen LogP) is 1.73. The molecule has 1 heterocycles. The van der Waals surface area contributed by atoms with Crippen LogP contribution < -0.4 is 10.6 Å². The van der Waals surface area contributed by atoms with Crippen LogP contribution in [0.25, 0.3) is 4.85 Å². The van der Waals surface area contributed by atoms with Crippen LogP contribution in [0.3, 0.4) is 0 Å². The number of hydrogen-bond acceptors (Lipinski definition) is 3. The van der Waals surface area contributed by atoms with Crippen molar-refractivity contribution in [3.63, 3.8) is 0 Å². The highest BCUT2D eigenvalue weighted by molar-refractivity contribution is 5.98. The van der Waals surface area contributed by atoms with Gasteiger partial charge in [0.25, 0.3) is 11.8 Å². The summed E-state index contributed by atoms with van der Waals surface area (Å²) in [6.45, 7) is 7.32. The standard InChI is InChI=1S/C17H17N5O2/c1-18-12-5-3-11(4-6-12)10-22-15(17(24)19-2)9-14(21-22)16(23)20-13-7-8-13/h3-6,9,13H,7-8,10H2,2H3,(H,19,24)(H,20,23). The lowest BCUT2D eigenvalue weighted by molar-refractivity contribution is 0.0940. The molecule has 24 heavy (non-hydrogen) atoms. The van der Waals surface area contributed by atoms with Gasteiger partial charge < -0.3 is 10.6 Å². The number of carbonyl (C=O) groups is 2. The van der Waals surface area contributed by atoms with E-state index >= 15 is 0 Å². The predicted molar refractivity (Wildman–Crippen MR) is 87.9 cm³/mol. The molecular weight excluding hydrogens is 306 g/mol. The Bertz CT molecular complexity index is 812. The molecule has 0 spiro atoms. The summed E-state index contributed by atoms with van der Waals surface area (Å²) in [6, 6.07) is 8.79. The fourth-order valence-electron chi connectivity index (χ4n) is 2.29. The highest BCUT2D eigenvalue weighted by Crippen LogP contribution is 2.19. The minimum atomic E-state index is -0.300. The van der Waals surface area contributed by atoms with Crippen LogP contribution in [-0.2, 0) is 6.54 Å². The van der Waals surface area contributed by atoms with Crippen molar-refractivity contribution >= 4 is 17.5 Å². The summed E-state index contributed by atoms with van der Waals surface area (Å²) in [5.41, 5.74) is 2.01. The van der Waals surface area contributed by atoms with E-state index in [1.54, 1.807) is 12.1 Å². The Hall–Kier alpha value is -3.14. The number of rotatable bonds is 5. The summed E-state index contributed by atoms with van der Waals surface area (Å²) < 4.78 is 1.51. The number of benzene rings is 1. The molecule has 0 saturated heterocycles. The van der Waals surface area contributed by atoms with Crippen molar-refractivity contribution in [3.05, 3.63) is 58.7 Å². The molecule has 7 nitrogen and oxygen atoms in total. The van der Waals surface area contributed by atoms with Crippen molar-refractivity contribution in [2.45, 2.75) is 25.4 Å². The van der Waals surface area contributed by atoms with Gasteiger partial charge in [-0.25, -0.2) is 4.85 Å². The molecule has 0 radical (unpaired) electrons. The van der Waals surface area contributed by atoms with Crippen molar-refractivity contribution in [1.29, 1.82) is 0 Å². The highest BCUT2D eigenvalue weighted by Gasteiger charge is 2.26. The average molecular weight is 323 g/mol. The van der Waals surface area contributed by atoms with E-state index in [9.17, 15) is 9.59 Å². The van der Waals surface area contributed by atoms with Crippen molar-refractivity contribution in [3.8, 4) is 0 Å². The summed E-state index contributed by atoms with van der Waals surface area (Å²) >= 11 is 0. The lowest BCUT2D eigenvalue weighted by Crippen LogP contribution is -2.25. The number of hydrogen-bond donors (Lipinski definition) is 2. The molecule has 2 aromatic rings. The van der Waals surface area contributed by atoms with Gasteiger partial charge >= 0.3 is 0 Å². The molecule has 0 unspecified atom stereocenters. The third-order valence-corrected chi connectivity index (χ3v) is 3.78. The minimum Gasteiger partial charge on any atom is -0.354 e. The maximum Gasteiger partial charge on any atom is 0.272 e. The molecule has 1 saturated carbocycles. The van der Waals surface area contributed by atoms with Crippen LogP contribution in [0.2, 0.25) is 0 Å². The van der Waals surface area contributed by atoms with Gasteiger partial charge in [0, 0.05) is 19.2 Å². The Morgan fingerprint density at radius 3 is 2.58 bits per heavy atom. The van der Waals surface area contributed by atoms with E-state index in [0.29, 0.717) is 17.9 Å². The van der Waals surface area contributed by atoms with E-state index in [4.69, 9.17) is 6.57 Å². The molecule has 1 aliphatic carbocycles. The van der Waals surface area contributed by atoms with Gasteiger partial charge in [-0.05, 0) is 18.4 Å². The van der Waals surface area contributed by atoms with Crippen LogP contribution in [0.1, 0.15) is 39.4 Å². The zero-order valence-electron chi connectivity index (χ0n) is 13.2. The molecule has 0 aliphatic heterocycles. The van der Waals surface area contributed by atoms with Crippen LogP contribution in [0.15, 0.2) is 30.3 Å². The van der Waals surface area contributed by atoms with E-state index in [1.165, 1.54) is 17.8 Å². The van der Waals surface area contributed by atoms with Crippen molar-refractivity contribution in [1.82, 2.24) is 20.4 Å². The smallest absolute Gasteiger partial charge is 0.272 e. The lowest BCUT2D eigenvalue weighted by Gasteiger charge is -2.06. The number of nitrogens with zero attached hydrogens (tertiary/aromatic N) is 3. The second-order valence-corrected chi connectivity index (χ2v) is 5.68. The molecule has 1 fully saturated rings. The van der Waals surface area contributed by atoms with Gasteiger partial charge in [0.2, 0.25) is 0 Å². The lowest BCUT2D eigenvalue weighted by atomic mass is 10.2. The van der Waals surface area contributed by atoms with Crippen molar-refractivity contribution in [2.24, 2.45) is 0 Å². The molecular formula is C17H17N5O2. The van der Waals surface area contributed by atoms with Gasteiger partial charge in [-0.15, -0.1) is 0 Å². The third-order valence-electron chi connectivity index (χ3n) is 3.78. The summed E-state index contributed by atoms with van der Waals surface area (Å²) in [5.74, 6) is -0.560. The third kappa shape index (κ3) is 3.43. The van der Waals surface area contributed by atoms with Gasteiger partial charge in [-0.2, -0.15) is 5.10 Å². The average Bonchev–Trinajstić information content (AvgIpc) is 3.32. The Balaban J connectivity index is 1.86. The summed E-state index contributed by atoms with van der Waals surface area (Å²) in [6.07, 6.45) is 1.98. The van der Waals surface area contributed by atoms with E-state index < -0.39 is 0 Å². The highest BCUT2D eigenvalue weighted by atomic mass is 16.2. The molecule has 0 atom stereocenters. The SMILES string of the molecule is [C-]#[N+]c1ccc(Cn2nc(C(=O)NC3CC3)cc2C(=O)NC)cc1. The summed E-state index contributed by atoms with van der Waals surface area (Å²) in [5, 5.41) is 9.71. The van der Waals surface area contributed by atoms with Crippen molar-refractivity contribution < 1.29 is 9.59 Å². The van der Waals surface area contributed by atoms with E-state index in [-0.39, 0.29) is 23.6 Å². The van der Waals surface area contributed by atoms with Gasteiger partial charge in [0.1, 0.15) is 5.69 Å². The van der Waals surface area contributed by atoms with Crippen LogP contribution in [-0.4, -0.2) is 34.7 Å². The normalized spacial score (nSPS) is 13.2. The molecule has 122 valence electrons. The fraction of sp³-hybridized carbons (Fsp3) is 0.294. The first-order valence-electron chi connectivity index (χ1n) is 7.68. The summed E-state index contributed by atoms with van der Waals surface area (Å²) in [7, 11) is 1.54. The molecule has 3 rings (SSSR count). The molecule has 2 amide bonds. The maximum absolute atomic E-state index is 12.2. The minimum absolute atomic E-state index is 0.229. The van der Waals surface area contributed by atoms with Crippen LogP contribution in [0.5, 0.6) is 0 Å². The Labute approximate surface area is 139 Å². The first-order valence-corrected chi connectivity index (χ1v) is 7.68. The van der Waals surface area contributed by atoms with Gasteiger partial charge in [0.05, 0.1) is 13.1 Å². The number of nitrogens with one attached hydrogen (secondary N) is 2. The monoisotopic (exact) mass is 323 g/mol. The first-order chi connectivity index (χ1) is 11.6. The molecule has 1 aromatic carbocycles. The largest absolute Gasteiger partial charge is 0.354 e. The van der Waals surface area contributed by atoms with Crippen molar-refractivity contribution in [2.75, 3.05) is 7.05 Å². The fourth-order valence-corrected chi connectivity index (χ4v) is 2.29. The Morgan fingerprint density at radius 1 is 1.29 bits per heavy atom. The van der Waals surface area contributed by atoms with Crippen LogP contribution in [0, 0.1) is 6.57 Å².